The first-order valence-electron chi connectivity index (χ1n) is 7.33. The van der Waals surface area contributed by atoms with Gasteiger partial charge in [-0.2, -0.15) is 0 Å². The zero-order valence-corrected chi connectivity index (χ0v) is 12.5. The highest BCUT2D eigenvalue weighted by atomic mass is 14.5. The molecule has 0 aromatic heterocycles. The molecule has 0 saturated carbocycles. The third-order valence-corrected chi connectivity index (χ3v) is 3.04. The van der Waals surface area contributed by atoms with Gasteiger partial charge < -0.3 is 5.73 Å². The largest absolute Gasteiger partial charge is 0.399 e. The smallest absolute Gasteiger partial charge is 0.0314 e. The molecule has 0 fully saturated rings. The summed E-state index contributed by atoms with van der Waals surface area (Å²) in [7, 11) is 0. The molecular formula is C18H27N. The van der Waals surface area contributed by atoms with Gasteiger partial charge >= 0.3 is 0 Å². The topological polar surface area (TPSA) is 26.0 Å². The molecule has 0 amide bonds. The van der Waals surface area contributed by atoms with Gasteiger partial charge in [-0.3, -0.25) is 0 Å². The maximum Gasteiger partial charge on any atom is 0.0314 e. The highest BCUT2D eigenvalue weighted by Crippen LogP contribution is 2.24. The molecule has 0 aliphatic rings. The molecule has 0 aliphatic heterocycles. The van der Waals surface area contributed by atoms with Crippen molar-refractivity contribution in [1.29, 1.82) is 0 Å². The number of nitrogen functional groups attached to an aromatic ring is 1. The standard InChI is InChI=1S/C18H27N/c1-4-5-6-7-8-9-17(14-15(2)3)16-10-12-18(19)13-11-16/h5-6,9-13,15H,4,7-8,14,19H2,1-3H3/b6-5-,17-9+. The molecule has 0 unspecified atom stereocenters. The van der Waals surface area contributed by atoms with Crippen LogP contribution < -0.4 is 5.73 Å². The Labute approximate surface area is 118 Å². The number of allylic oxidation sites excluding steroid dienone is 4. The first kappa shape index (κ1) is 15.6. The molecule has 104 valence electrons. The first-order chi connectivity index (χ1) is 9.13. The van der Waals surface area contributed by atoms with E-state index in [4.69, 9.17) is 5.73 Å². The van der Waals surface area contributed by atoms with E-state index in [1.807, 2.05) is 12.1 Å². The monoisotopic (exact) mass is 257 g/mol. The van der Waals surface area contributed by atoms with E-state index >= 15 is 0 Å². The number of rotatable bonds is 7. The summed E-state index contributed by atoms with van der Waals surface area (Å²) in [6.07, 6.45) is 11.4. The second-order valence-electron chi connectivity index (χ2n) is 5.41. The zero-order valence-electron chi connectivity index (χ0n) is 12.5. The average molecular weight is 257 g/mol. The van der Waals surface area contributed by atoms with Crippen LogP contribution in [0.5, 0.6) is 0 Å². The van der Waals surface area contributed by atoms with Crippen LogP contribution in [0.2, 0.25) is 0 Å². The molecule has 0 spiro atoms. The Morgan fingerprint density at radius 2 is 1.79 bits per heavy atom. The molecule has 1 rings (SSSR count). The van der Waals surface area contributed by atoms with Gasteiger partial charge in [-0.1, -0.05) is 51.1 Å². The van der Waals surface area contributed by atoms with Crippen LogP contribution in [0, 0.1) is 5.92 Å². The van der Waals surface area contributed by atoms with Gasteiger partial charge in [-0.15, -0.1) is 0 Å². The second-order valence-corrected chi connectivity index (χ2v) is 5.41. The Morgan fingerprint density at radius 3 is 2.37 bits per heavy atom. The molecule has 0 aliphatic carbocycles. The van der Waals surface area contributed by atoms with E-state index in [-0.39, 0.29) is 0 Å². The predicted molar refractivity (Wildman–Crippen MR) is 87.0 cm³/mol. The van der Waals surface area contributed by atoms with E-state index in [0.717, 1.165) is 31.4 Å². The number of hydrogen-bond donors (Lipinski definition) is 1. The fourth-order valence-electron chi connectivity index (χ4n) is 2.09. The maximum atomic E-state index is 5.75. The van der Waals surface area contributed by atoms with Crippen molar-refractivity contribution in [3.05, 3.63) is 48.1 Å². The van der Waals surface area contributed by atoms with Gasteiger partial charge in [-0.05, 0) is 54.9 Å². The van der Waals surface area contributed by atoms with Gasteiger partial charge in [0.05, 0.1) is 0 Å². The maximum absolute atomic E-state index is 5.75. The molecule has 1 aromatic rings. The summed E-state index contributed by atoms with van der Waals surface area (Å²) in [5.74, 6) is 0.676. The van der Waals surface area contributed by atoms with E-state index in [9.17, 15) is 0 Å². The van der Waals surface area contributed by atoms with Crippen molar-refractivity contribution in [3.8, 4) is 0 Å². The van der Waals surface area contributed by atoms with Crippen molar-refractivity contribution < 1.29 is 0 Å². The molecule has 0 heterocycles. The van der Waals surface area contributed by atoms with Crippen LogP contribution in [-0.4, -0.2) is 0 Å². The quantitative estimate of drug-likeness (QED) is 0.392. The van der Waals surface area contributed by atoms with Crippen LogP contribution in [0.25, 0.3) is 5.57 Å². The SMILES string of the molecule is CC/C=C\CC/C=C(\CC(C)C)c1ccc(N)cc1. The minimum Gasteiger partial charge on any atom is -0.399 e. The summed E-state index contributed by atoms with van der Waals surface area (Å²) in [6.45, 7) is 6.70. The van der Waals surface area contributed by atoms with E-state index in [1.165, 1.54) is 11.1 Å². The molecule has 0 bridgehead atoms. The van der Waals surface area contributed by atoms with Gasteiger partial charge in [0.2, 0.25) is 0 Å². The Hall–Kier alpha value is -1.50. The second kappa shape index (κ2) is 8.58. The minimum atomic E-state index is 0.676. The van der Waals surface area contributed by atoms with E-state index in [0.29, 0.717) is 5.92 Å². The molecular weight excluding hydrogens is 230 g/mol. The van der Waals surface area contributed by atoms with Crippen LogP contribution in [0.3, 0.4) is 0 Å². The van der Waals surface area contributed by atoms with Crippen LogP contribution in [0.15, 0.2) is 42.5 Å². The van der Waals surface area contributed by atoms with Crippen molar-refractivity contribution in [2.24, 2.45) is 5.92 Å². The van der Waals surface area contributed by atoms with Crippen molar-refractivity contribution >= 4 is 11.3 Å². The third kappa shape index (κ3) is 6.28. The molecule has 1 aromatic carbocycles. The summed E-state index contributed by atoms with van der Waals surface area (Å²) in [4.78, 5) is 0. The van der Waals surface area contributed by atoms with Gasteiger partial charge in [0.15, 0.2) is 0 Å². The zero-order chi connectivity index (χ0) is 14.1. The van der Waals surface area contributed by atoms with Gasteiger partial charge in [-0.25, -0.2) is 0 Å². The summed E-state index contributed by atoms with van der Waals surface area (Å²) in [6, 6.07) is 8.23. The van der Waals surface area contributed by atoms with Crippen LogP contribution >= 0.6 is 0 Å². The van der Waals surface area contributed by atoms with Crippen molar-refractivity contribution in [3.63, 3.8) is 0 Å². The number of hydrogen-bond acceptors (Lipinski definition) is 1. The number of unbranched alkanes of at least 4 members (excludes halogenated alkanes) is 1. The van der Waals surface area contributed by atoms with Gasteiger partial charge in [0, 0.05) is 5.69 Å². The Balaban J connectivity index is 2.73. The van der Waals surface area contributed by atoms with E-state index < -0.39 is 0 Å². The molecule has 19 heavy (non-hydrogen) atoms. The lowest BCUT2D eigenvalue weighted by Gasteiger charge is -2.11. The van der Waals surface area contributed by atoms with Crippen molar-refractivity contribution in [1.82, 2.24) is 0 Å². The van der Waals surface area contributed by atoms with Gasteiger partial charge in [0.25, 0.3) is 0 Å². The number of nitrogens with two attached hydrogens (primary N) is 1. The van der Waals surface area contributed by atoms with E-state index in [1.54, 1.807) is 0 Å². The van der Waals surface area contributed by atoms with Crippen LogP contribution in [0.1, 0.15) is 52.0 Å². The van der Waals surface area contributed by atoms with E-state index in [2.05, 4.69) is 51.1 Å². The molecule has 1 heteroatoms. The molecule has 0 atom stereocenters. The fraction of sp³-hybridized carbons (Fsp3) is 0.444. The fourth-order valence-corrected chi connectivity index (χ4v) is 2.09. The lowest BCUT2D eigenvalue weighted by atomic mass is 9.95. The summed E-state index contributed by atoms with van der Waals surface area (Å²) >= 11 is 0. The van der Waals surface area contributed by atoms with Crippen molar-refractivity contribution in [2.45, 2.75) is 46.5 Å². The molecule has 0 saturated heterocycles. The Morgan fingerprint density at radius 1 is 1.11 bits per heavy atom. The summed E-state index contributed by atoms with van der Waals surface area (Å²) in [5.41, 5.74) is 9.34. The molecule has 0 radical (unpaired) electrons. The van der Waals surface area contributed by atoms with Crippen molar-refractivity contribution in [2.75, 3.05) is 5.73 Å². The highest BCUT2D eigenvalue weighted by Gasteiger charge is 2.04. The molecule has 1 nitrogen and oxygen atoms in total. The minimum absolute atomic E-state index is 0.676. The average Bonchev–Trinajstić information content (AvgIpc) is 2.38. The Kier molecular flexibility index (Phi) is 7.02. The number of benzene rings is 1. The van der Waals surface area contributed by atoms with Gasteiger partial charge in [0.1, 0.15) is 0 Å². The normalized spacial score (nSPS) is 12.5. The lowest BCUT2D eigenvalue weighted by molar-refractivity contribution is 0.672. The molecule has 2 N–H and O–H groups in total. The number of anilines is 1. The lowest BCUT2D eigenvalue weighted by Crippen LogP contribution is -1.93. The van der Waals surface area contributed by atoms with Crippen LogP contribution in [-0.2, 0) is 0 Å². The first-order valence-corrected chi connectivity index (χ1v) is 7.33. The predicted octanol–water partition coefficient (Wildman–Crippen LogP) is 5.44. The highest BCUT2D eigenvalue weighted by molar-refractivity contribution is 5.67. The summed E-state index contributed by atoms with van der Waals surface area (Å²) < 4.78 is 0. The third-order valence-electron chi connectivity index (χ3n) is 3.04. The van der Waals surface area contributed by atoms with Crippen LogP contribution in [0.4, 0.5) is 5.69 Å². The Bertz CT molecular complexity index is 410. The summed E-state index contributed by atoms with van der Waals surface area (Å²) in [5, 5.41) is 0.